The number of nitrogens with zero attached hydrogens (tertiary/aromatic N) is 4. The van der Waals surface area contributed by atoms with Gasteiger partial charge in [0.15, 0.2) is 5.82 Å². The normalized spacial score (nSPS) is 14.8. The molecule has 8 nitrogen and oxygen atoms in total. The number of hydrogen-bond donors (Lipinski definition) is 3. The van der Waals surface area contributed by atoms with Gasteiger partial charge in [-0.05, 0) is 0 Å². The van der Waals surface area contributed by atoms with Crippen LogP contribution in [0.5, 0.6) is 0 Å². The first-order valence-corrected chi connectivity index (χ1v) is 7.38. The third-order valence-electron chi connectivity index (χ3n) is 2.76. The number of quaternary nitrogens is 1. The fraction of sp³-hybridized carbons (Fsp3) is 0.700. The molecule has 0 radical (unpaired) electrons. The molecule has 1 aliphatic heterocycles. The number of hydrogen-bond acceptors (Lipinski definition) is 6. The number of rotatable bonds is 4. The van der Waals surface area contributed by atoms with Gasteiger partial charge in [-0.2, -0.15) is 15.0 Å². The van der Waals surface area contributed by atoms with Gasteiger partial charge in [0.1, 0.15) is 0 Å². The largest absolute Gasteiger partial charge is 1.00 e. The summed E-state index contributed by atoms with van der Waals surface area (Å²) in [6.45, 7) is 3.85. The summed E-state index contributed by atoms with van der Waals surface area (Å²) in [6.07, 6.45) is 0. The average Bonchev–Trinajstić information content (AvgIpc) is 2.45. The van der Waals surface area contributed by atoms with Crippen LogP contribution in [-0.4, -0.2) is 64.9 Å². The summed E-state index contributed by atoms with van der Waals surface area (Å²) in [7, 11) is 0. The average molecular weight is 396 g/mol. The highest BCUT2D eigenvalue weighted by atomic mass is 35.6. The summed E-state index contributed by atoms with van der Waals surface area (Å²) < 4.78 is -1.71. The maximum Gasteiger partial charge on any atom is 0.250 e. The molecule has 1 aromatic rings. The van der Waals surface area contributed by atoms with Crippen molar-refractivity contribution in [3.63, 3.8) is 0 Å². The van der Waals surface area contributed by atoms with E-state index in [-0.39, 0.29) is 30.3 Å². The van der Waals surface area contributed by atoms with Crippen molar-refractivity contribution in [1.82, 2.24) is 15.0 Å². The van der Waals surface area contributed by atoms with E-state index in [9.17, 15) is 0 Å². The van der Waals surface area contributed by atoms with E-state index in [1.165, 1.54) is 0 Å². The van der Waals surface area contributed by atoms with E-state index in [0.29, 0.717) is 18.4 Å². The number of nitrogens with two attached hydrogens (primary N) is 1. The number of aromatic nitrogens is 3. The monoisotopic (exact) mass is 394 g/mol. The Bertz CT molecular complexity index is 456. The zero-order valence-electron chi connectivity index (χ0n) is 11.6. The van der Waals surface area contributed by atoms with Gasteiger partial charge in [0.25, 0.3) is 0 Å². The zero-order chi connectivity index (χ0) is 14.6. The molecule has 0 amide bonds. The minimum atomic E-state index is -1.71. The lowest BCUT2D eigenvalue weighted by molar-refractivity contribution is -0.655. The van der Waals surface area contributed by atoms with Crippen molar-refractivity contribution in [3.05, 3.63) is 5.82 Å². The van der Waals surface area contributed by atoms with Crippen molar-refractivity contribution in [3.8, 4) is 0 Å². The van der Waals surface area contributed by atoms with Crippen molar-refractivity contribution in [2.75, 3.05) is 49.5 Å². The van der Waals surface area contributed by atoms with Crippen molar-refractivity contribution >= 4 is 46.7 Å². The molecule has 0 unspecified atom stereocenters. The highest BCUT2D eigenvalue weighted by Crippen LogP contribution is 2.36. The van der Waals surface area contributed by atoms with Crippen LogP contribution >= 0.6 is 34.8 Å². The van der Waals surface area contributed by atoms with E-state index in [1.807, 2.05) is 4.90 Å². The molecule has 1 saturated heterocycles. The lowest BCUT2D eigenvalue weighted by Gasteiger charge is -2.26. The molecule has 12 heteroatoms. The SMILES string of the molecule is O.OCCNc1nc(N2CC[NH2+]CC2)nc(C(Cl)(Cl)Cl)n1.[Cl-]. The molecular formula is C10H18Cl4N6O2. The third kappa shape index (κ3) is 6.04. The van der Waals surface area contributed by atoms with Crippen LogP contribution in [0.2, 0.25) is 0 Å². The Morgan fingerprint density at radius 2 is 1.82 bits per heavy atom. The zero-order valence-corrected chi connectivity index (χ0v) is 14.6. The third-order valence-corrected chi connectivity index (χ3v) is 3.27. The molecule has 22 heavy (non-hydrogen) atoms. The predicted octanol–water partition coefficient (Wildman–Crippen LogP) is -4.33. The van der Waals surface area contributed by atoms with Crippen LogP contribution in [0.3, 0.4) is 0 Å². The van der Waals surface area contributed by atoms with Gasteiger partial charge >= 0.3 is 0 Å². The lowest BCUT2D eigenvalue weighted by Crippen LogP contribution is -3.00. The topological polar surface area (TPSA) is 122 Å². The van der Waals surface area contributed by atoms with Crippen LogP contribution in [-0.2, 0) is 3.79 Å². The Morgan fingerprint density at radius 3 is 2.36 bits per heavy atom. The van der Waals surface area contributed by atoms with Crippen LogP contribution in [0.25, 0.3) is 0 Å². The fourth-order valence-corrected chi connectivity index (χ4v) is 2.08. The Morgan fingerprint density at radius 1 is 1.18 bits per heavy atom. The molecule has 0 bridgehead atoms. The summed E-state index contributed by atoms with van der Waals surface area (Å²) in [6, 6.07) is 0. The van der Waals surface area contributed by atoms with Gasteiger partial charge in [-0.3, -0.25) is 0 Å². The first-order valence-electron chi connectivity index (χ1n) is 6.25. The van der Waals surface area contributed by atoms with E-state index >= 15 is 0 Å². The van der Waals surface area contributed by atoms with E-state index in [4.69, 9.17) is 39.9 Å². The first kappa shape index (κ1) is 21.6. The van der Waals surface area contributed by atoms with Crippen LogP contribution in [0, 0.1) is 0 Å². The number of aliphatic hydroxyl groups is 1. The minimum absolute atomic E-state index is 0. The molecule has 0 spiro atoms. The van der Waals surface area contributed by atoms with Crippen molar-refractivity contribution < 1.29 is 28.3 Å². The Kier molecular flexibility index (Phi) is 9.56. The maximum atomic E-state index is 8.85. The van der Waals surface area contributed by atoms with Gasteiger partial charge in [0, 0.05) is 6.54 Å². The molecule has 1 aromatic heterocycles. The number of anilines is 2. The van der Waals surface area contributed by atoms with Gasteiger partial charge in [0.2, 0.25) is 15.7 Å². The van der Waals surface area contributed by atoms with Gasteiger partial charge in [-0.1, -0.05) is 34.8 Å². The molecule has 6 N–H and O–H groups in total. The van der Waals surface area contributed by atoms with Gasteiger partial charge in [0.05, 0.1) is 32.8 Å². The van der Waals surface area contributed by atoms with E-state index in [2.05, 4.69) is 25.6 Å². The van der Waals surface area contributed by atoms with Gasteiger partial charge < -0.3 is 38.5 Å². The highest BCUT2D eigenvalue weighted by Gasteiger charge is 2.29. The second kappa shape index (κ2) is 9.71. The van der Waals surface area contributed by atoms with Crippen LogP contribution in [0.1, 0.15) is 5.82 Å². The summed E-state index contributed by atoms with van der Waals surface area (Å²) in [5, 5.41) is 13.9. The lowest BCUT2D eigenvalue weighted by atomic mass is 10.4. The summed E-state index contributed by atoms with van der Waals surface area (Å²) in [5.41, 5.74) is 0. The Hall–Kier alpha value is -0.350. The molecule has 2 heterocycles. The molecule has 0 aliphatic carbocycles. The quantitative estimate of drug-likeness (QED) is 0.443. The van der Waals surface area contributed by atoms with E-state index in [1.54, 1.807) is 0 Å². The smallest absolute Gasteiger partial charge is 0.250 e. The maximum absolute atomic E-state index is 8.85. The van der Waals surface area contributed by atoms with Crippen LogP contribution in [0.15, 0.2) is 0 Å². The Labute approximate surface area is 149 Å². The standard InChI is InChI=1S/C10H15Cl3N6O.ClH.H2O/c11-10(12,13)7-16-8(15-3-6-20)18-9(17-7)19-4-1-14-2-5-19;;/h14,20H,1-6H2,(H,15,16,17,18);1H;1H2. The predicted molar refractivity (Wildman–Crippen MR) is 82.1 cm³/mol. The van der Waals surface area contributed by atoms with Crippen molar-refractivity contribution in [2.45, 2.75) is 3.79 Å². The number of piperazine rings is 1. The highest BCUT2D eigenvalue weighted by molar-refractivity contribution is 6.66. The minimum Gasteiger partial charge on any atom is -1.00 e. The molecule has 0 atom stereocenters. The number of aliphatic hydroxyl groups excluding tert-OH is 1. The number of alkyl halides is 3. The van der Waals surface area contributed by atoms with Crippen molar-refractivity contribution in [1.29, 1.82) is 0 Å². The number of halogens is 4. The molecule has 1 aliphatic rings. The Balaban J connectivity index is 0.00000220. The summed E-state index contributed by atoms with van der Waals surface area (Å²) in [5.74, 6) is 0.845. The molecule has 0 aromatic carbocycles. The molecule has 1 fully saturated rings. The molecule has 0 saturated carbocycles. The molecular weight excluding hydrogens is 378 g/mol. The van der Waals surface area contributed by atoms with Gasteiger partial charge in [-0.15, -0.1) is 0 Å². The fourth-order valence-electron chi connectivity index (χ4n) is 1.83. The van der Waals surface area contributed by atoms with Crippen molar-refractivity contribution in [2.24, 2.45) is 0 Å². The molecule has 2 rings (SSSR count). The number of nitrogens with one attached hydrogen (secondary N) is 1. The van der Waals surface area contributed by atoms with Crippen LogP contribution in [0.4, 0.5) is 11.9 Å². The molecule has 128 valence electrons. The van der Waals surface area contributed by atoms with Crippen LogP contribution < -0.4 is 27.9 Å². The summed E-state index contributed by atoms with van der Waals surface area (Å²) in [4.78, 5) is 14.6. The first-order chi connectivity index (χ1) is 9.50. The summed E-state index contributed by atoms with van der Waals surface area (Å²) >= 11 is 17.6. The second-order valence-electron chi connectivity index (χ2n) is 4.28. The second-order valence-corrected chi connectivity index (χ2v) is 6.57. The van der Waals surface area contributed by atoms with Gasteiger partial charge in [-0.25, -0.2) is 0 Å². The van der Waals surface area contributed by atoms with E-state index < -0.39 is 3.79 Å². The van der Waals surface area contributed by atoms with E-state index in [0.717, 1.165) is 26.2 Å².